The Morgan fingerprint density at radius 3 is 1.78 bits per heavy atom. The van der Waals surface area contributed by atoms with Crippen molar-refractivity contribution >= 4 is 70.4 Å². The second kappa shape index (κ2) is 14.5. The number of anilines is 3. The summed E-state index contributed by atoms with van der Waals surface area (Å²) in [4.78, 5) is 7.75. The summed E-state index contributed by atoms with van der Waals surface area (Å²) in [6, 6.07) is 83.5. The number of rotatable bonds is 7. The van der Waals surface area contributed by atoms with Crippen LogP contribution in [0.5, 0.6) is 0 Å². The van der Waals surface area contributed by atoms with E-state index >= 15 is 0 Å². The van der Waals surface area contributed by atoms with E-state index in [-0.39, 0.29) is 0 Å². The van der Waals surface area contributed by atoms with Crippen LogP contribution in [0.1, 0.15) is 22.3 Å². The van der Waals surface area contributed by atoms with Gasteiger partial charge >= 0.3 is 0 Å². The number of benzene rings is 10. The van der Waals surface area contributed by atoms with Crippen molar-refractivity contribution < 1.29 is 4.42 Å². The maximum Gasteiger partial charge on any atom is 0.230 e. The lowest BCUT2D eigenvalue weighted by atomic mass is 9.68. The van der Waals surface area contributed by atoms with Crippen molar-refractivity contribution in [2.24, 2.45) is 0 Å². The molecule has 0 fully saturated rings. The minimum absolute atomic E-state index is 0.516. The standard InChI is InChI=1S/C60H38N2OS/c1-4-18-39(19-5-1)40-32-34-43(35-33-40)62(44-36-37-51-49(38-44)45-24-12-14-28-50(45)60(51,41-20-6-2-7-21-41)42-22-8-3-9-23-42)57-55-48-27-13-17-31-54(48)64-58(55)47-26-11-10-25-46(47)56(57)59-61-52-29-15-16-30-53(52)63-59/h1-38H. The monoisotopic (exact) mass is 834 g/mol. The van der Waals surface area contributed by atoms with E-state index in [1.807, 2.05) is 35.6 Å². The van der Waals surface area contributed by atoms with E-state index in [2.05, 4.69) is 211 Å². The third kappa shape index (κ3) is 5.43. The third-order valence-corrected chi connectivity index (χ3v) is 14.4. The lowest BCUT2D eigenvalue weighted by Gasteiger charge is -2.34. The van der Waals surface area contributed by atoms with Gasteiger partial charge in [-0.3, -0.25) is 0 Å². The van der Waals surface area contributed by atoms with Crippen LogP contribution >= 0.6 is 11.3 Å². The predicted molar refractivity (Wildman–Crippen MR) is 267 cm³/mol. The third-order valence-electron chi connectivity index (χ3n) is 13.2. The van der Waals surface area contributed by atoms with Crippen molar-refractivity contribution in [2.45, 2.75) is 5.41 Å². The normalized spacial score (nSPS) is 12.8. The molecule has 0 aliphatic heterocycles. The van der Waals surface area contributed by atoms with Crippen molar-refractivity contribution in [2.75, 3.05) is 4.90 Å². The molecule has 4 heteroatoms. The molecule has 0 spiro atoms. The highest BCUT2D eigenvalue weighted by Gasteiger charge is 2.46. The van der Waals surface area contributed by atoms with Gasteiger partial charge in [0, 0.05) is 36.9 Å². The fourth-order valence-corrected chi connectivity index (χ4v) is 11.7. The Kier molecular flexibility index (Phi) is 8.30. The van der Waals surface area contributed by atoms with Crippen LogP contribution in [0.25, 0.3) is 75.8 Å². The van der Waals surface area contributed by atoms with Gasteiger partial charge in [0.1, 0.15) is 5.52 Å². The molecule has 300 valence electrons. The first-order valence-corrected chi connectivity index (χ1v) is 22.6. The largest absolute Gasteiger partial charge is 0.436 e. The number of fused-ring (bicyclic) bond motifs is 9. The van der Waals surface area contributed by atoms with Crippen LogP contribution in [0.15, 0.2) is 235 Å². The minimum Gasteiger partial charge on any atom is -0.436 e. The van der Waals surface area contributed by atoms with Gasteiger partial charge in [-0.05, 0) is 92.4 Å². The van der Waals surface area contributed by atoms with Crippen molar-refractivity contribution in [3.05, 3.63) is 253 Å². The van der Waals surface area contributed by atoms with Gasteiger partial charge in [-0.1, -0.05) is 188 Å². The van der Waals surface area contributed by atoms with Gasteiger partial charge < -0.3 is 9.32 Å². The summed E-state index contributed by atoms with van der Waals surface area (Å²) in [6.45, 7) is 0. The number of para-hydroxylation sites is 2. The molecule has 0 saturated carbocycles. The van der Waals surface area contributed by atoms with Crippen LogP contribution in [0.3, 0.4) is 0 Å². The van der Waals surface area contributed by atoms with Gasteiger partial charge in [-0.25, -0.2) is 4.98 Å². The van der Waals surface area contributed by atoms with E-state index in [9.17, 15) is 0 Å². The summed E-state index contributed by atoms with van der Waals surface area (Å²) in [5, 5.41) is 4.64. The van der Waals surface area contributed by atoms with Gasteiger partial charge in [-0.2, -0.15) is 0 Å². The predicted octanol–water partition coefficient (Wildman–Crippen LogP) is 16.5. The van der Waals surface area contributed by atoms with E-state index in [4.69, 9.17) is 9.40 Å². The zero-order chi connectivity index (χ0) is 42.2. The van der Waals surface area contributed by atoms with Crippen LogP contribution < -0.4 is 4.90 Å². The van der Waals surface area contributed by atoms with E-state index in [1.165, 1.54) is 64.5 Å². The molecule has 0 N–H and O–H groups in total. The van der Waals surface area contributed by atoms with Gasteiger partial charge in [-0.15, -0.1) is 11.3 Å². The second-order valence-electron chi connectivity index (χ2n) is 16.6. The average Bonchev–Trinajstić information content (AvgIpc) is 4.06. The molecule has 0 bridgehead atoms. The van der Waals surface area contributed by atoms with Gasteiger partial charge in [0.05, 0.1) is 16.7 Å². The Labute approximate surface area is 374 Å². The summed E-state index contributed by atoms with van der Waals surface area (Å²) in [7, 11) is 0. The molecule has 2 heterocycles. The Bertz CT molecular complexity index is 3650. The molecule has 0 radical (unpaired) electrons. The summed E-state index contributed by atoms with van der Waals surface area (Å²) in [5.74, 6) is 0.592. The number of nitrogens with zero attached hydrogens (tertiary/aromatic N) is 2. The molecule has 0 amide bonds. The van der Waals surface area contributed by atoms with Gasteiger partial charge in [0.2, 0.25) is 5.89 Å². The quantitative estimate of drug-likeness (QED) is 0.160. The molecule has 13 rings (SSSR count). The van der Waals surface area contributed by atoms with Crippen LogP contribution in [-0.2, 0) is 5.41 Å². The fraction of sp³-hybridized carbons (Fsp3) is 0.0167. The van der Waals surface area contributed by atoms with E-state index in [0.29, 0.717) is 5.89 Å². The van der Waals surface area contributed by atoms with E-state index in [1.54, 1.807) is 0 Å². The van der Waals surface area contributed by atoms with Gasteiger partial charge in [0.15, 0.2) is 5.58 Å². The Morgan fingerprint density at radius 2 is 1.03 bits per heavy atom. The molecular formula is C60H38N2OS. The maximum absolute atomic E-state index is 6.85. The number of hydrogen-bond acceptors (Lipinski definition) is 4. The van der Waals surface area contributed by atoms with E-state index < -0.39 is 5.41 Å². The Hall–Kier alpha value is -8.05. The van der Waals surface area contributed by atoms with E-state index in [0.717, 1.165) is 44.7 Å². The highest BCUT2D eigenvalue weighted by molar-refractivity contribution is 7.26. The molecule has 2 aromatic heterocycles. The first kappa shape index (κ1) is 36.6. The SMILES string of the molecule is c1ccc(-c2ccc(N(c3ccc4c(c3)-c3ccccc3C4(c3ccccc3)c3ccccc3)c3c(-c4nc5ccccc5o4)c4ccccc4c4sc5ccccc5c34)cc2)cc1. The van der Waals surface area contributed by atoms with Crippen LogP contribution in [0, 0.1) is 0 Å². The number of aromatic nitrogens is 1. The van der Waals surface area contributed by atoms with Crippen LogP contribution in [-0.4, -0.2) is 4.98 Å². The van der Waals surface area contributed by atoms with Crippen molar-refractivity contribution in [3.63, 3.8) is 0 Å². The first-order chi connectivity index (χ1) is 31.8. The molecule has 64 heavy (non-hydrogen) atoms. The topological polar surface area (TPSA) is 29.3 Å². The Balaban J connectivity index is 1.16. The van der Waals surface area contributed by atoms with Crippen molar-refractivity contribution in [1.29, 1.82) is 0 Å². The molecule has 12 aromatic rings. The van der Waals surface area contributed by atoms with Crippen molar-refractivity contribution in [3.8, 4) is 33.7 Å². The summed E-state index contributed by atoms with van der Waals surface area (Å²) in [6.07, 6.45) is 0. The molecule has 1 aliphatic carbocycles. The summed E-state index contributed by atoms with van der Waals surface area (Å²) >= 11 is 1.85. The highest BCUT2D eigenvalue weighted by atomic mass is 32.1. The van der Waals surface area contributed by atoms with Gasteiger partial charge in [0.25, 0.3) is 0 Å². The zero-order valence-corrected chi connectivity index (χ0v) is 35.5. The molecule has 10 aromatic carbocycles. The minimum atomic E-state index is -0.516. The molecule has 0 atom stereocenters. The van der Waals surface area contributed by atoms with Crippen molar-refractivity contribution in [1.82, 2.24) is 4.98 Å². The number of hydrogen-bond donors (Lipinski definition) is 0. The lowest BCUT2D eigenvalue weighted by Crippen LogP contribution is -2.28. The Morgan fingerprint density at radius 1 is 0.453 bits per heavy atom. The maximum atomic E-state index is 6.85. The molecular weight excluding hydrogens is 797 g/mol. The molecule has 3 nitrogen and oxygen atoms in total. The van der Waals surface area contributed by atoms with Crippen LogP contribution in [0.4, 0.5) is 17.1 Å². The average molecular weight is 835 g/mol. The fourth-order valence-electron chi connectivity index (χ4n) is 10.5. The molecule has 0 saturated heterocycles. The number of oxazole rings is 1. The lowest BCUT2D eigenvalue weighted by molar-refractivity contribution is 0.621. The zero-order valence-electron chi connectivity index (χ0n) is 34.7. The first-order valence-electron chi connectivity index (χ1n) is 21.8. The highest BCUT2D eigenvalue weighted by Crippen LogP contribution is 2.59. The number of thiophene rings is 1. The molecule has 0 unspecified atom stereocenters. The van der Waals surface area contributed by atoms with Crippen LogP contribution in [0.2, 0.25) is 0 Å². The smallest absolute Gasteiger partial charge is 0.230 e. The summed E-state index contributed by atoms with van der Waals surface area (Å²) < 4.78 is 9.32. The summed E-state index contributed by atoms with van der Waals surface area (Å²) in [5.41, 5.74) is 14.9. The molecule has 1 aliphatic rings. The second-order valence-corrected chi connectivity index (χ2v) is 17.6.